The standard InChI is InChI=1S/C59H36N4O/c1-4-15-39(16-5-1)57-56-46(33-34-53-55(56)48-22-10-12-25-52(48)63(53)42-19-8-3-9-20-42)44-32-31-41(35-51(44)60-57)50-36-49(61-59(62-50)40-17-6-2-7-18-40)38-29-27-37(28-30-38)43-23-14-24-47-45-21-11-13-26-54(45)64-58(43)47/h1-36H. The van der Waals surface area contributed by atoms with Crippen LogP contribution >= 0.6 is 0 Å². The lowest BCUT2D eigenvalue weighted by atomic mass is 9.95. The Balaban J connectivity index is 0.986. The summed E-state index contributed by atoms with van der Waals surface area (Å²) in [5.41, 5.74) is 14.9. The van der Waals surface area contributed by atoms with Gasteiger partial charge >= 0.3 is 0 Å². The van der Waals surface area contributed by atoms with Crippen molar-refractivity contribution in [1.82, 2.24) is 19.5 Å². The van der Waals surface area contributed by atoms with Gasteiger partial charge in [-0.25, -0.2) is 15.0 Å². The lowest BCUT2D eigenvalue weighted by Crippen LogP contribution is -1.97. The molecule has 0 aliphatic carbocycles. The van der Waals surface area contributed by atoms with Crippen molar-refractivity contribution in [3.8, 4) is 62.0 Å². The number of aromatic nitrogens is 4. The highest BCUT2D eigenvalue weighted by Crippen LogP contribution is 2.44. The molecular formula is C59H36N4O. The molecular weight excluding hydrogens is 781 g/mol. The van der Waals surface area contributed by atoms with E-state index in [0.29, 0.717) is 5.82 Å². The van der Waals surface area contributed by atoms with Crippen LogP contribution in [0.2, 0.25) is 0 Å². The van der Waals surface area contributed by atoms with E-state index in [-0.39, 0.29) is 0 Å². The summed E-state index contributed by atoms with van der Waals surface area (Å²) in [6, 6.07) is 76.6. The van der Waals surface area contributed by atoms with E-state index in [2.05, 4.69) is 193 Å². The number of hydrogen-bond donors (Lipinski definition) is 0. The van der Waals surface area contributed by atoms with Crippen LogP contribution in [-0.2, 0) is 0 Å². The summed E-state index contributed by atoms with van der Waals surface area (Å²) in [6.07, 6.45) is 0. The Morgan fingerprint density at radius 3 is 1.78 bits per heavy atom. The van der Waals surface area contributed by atoms with E-state index >= 15 is 0 Å². The van der Waals surface area contributed by atoms with E-state index in [9.17, 15) is 0 Å². The Morgan fingerprint density at radius 1 is 0.359 bits per heavy atom. The molecule has 0 radical (unpaired) electrons. The molecule has 0 saturated carbocycles. The maximum absolute atomic E-state index is 6.40. The molecule has 13 rings (SSSR count). The minimum absolute atomic E-state index is 0.665. The van der Waals surface area contributed by atoms with Crippen molar-refractivity contribution in [3.05, 3.63) is 218 Å². The average molecular weight is 817 g/mol. The van der Waals surface area contributed by atoms with E-state index in [0.717, 1.165) is 111 Å². The average Bonchev–Trinajstić information content (AvgIpc) is 3.93. The quantitative estimate of drug-likeness (QED) is 0.157. The first-order valence-corrected chi connectivity index (χ1v) is 21.6. The number of nitrogens with zero attached hydrogens (tertiary/aromatic N) is 4. The number of benzene rings is 9. The Kier molecular flexibility index (Phi) is 8.15. The van der Waals surface area contributed by atoms with Crippen molar-refractivity contribution in [2.45, 2.75) is 0 Å². The molecule has 64 heavy (non-hydrogen) atoms. The third kappa shape index (κ3) is 5.75. The van der Waals surface area contributed by atoms with Gasteiger partial charge in [0.1, 0.15) is 11.2 Å². The summed E-state index contributed by atoms with van der Waals surface area (Å²) in [5.74, 6) is 0.665. The topological polar surface area (TPSA) is 56.7 Å². The molecule has 0 atom stereocenters. The molecule has 5 nitrogen and oxygen atoms in total. The first kappa shape index (κ1) is 36.0. The van der Waals surface area contributed by atoms with E-state index in [1.807, 2.05) is 30.3 Å². The lowest BCUT2D eigenvalue weighted by molar-refractivity contribution is 0.670. The molecule has 13 aromatic rings. The zero-order valence-electron chi connectivity index (χ0n) is 34.5. The maximum atomic E-state index is 6.40. The summed E-state index contributed by atoms with van der Waals surface area (Å²) in [5, 5.41) is 8.02. The molecule has 0 spiro atoms. The molecule has 0 aliphatic rings. The second kappa shape index (κ2) is 14.5. The number of fused-ring (bicyclic) bond motifs is 10. The van der Waals surface area contributed by atoms with Crippen LogP contribution in [0.4, 0.5) is 0 Å². The largest absolute Gasteiger partial charge is 0.455 e. The number of furan rings is 1. The second-order valence-corrected chi connectivity index (χ2v) is 16.3. The van der Waals surface area contributed by atoms with Crippen LogP contribution in [0.5, 0.6) is 0 Å². The first-order chi connectivity index (χ1) is 31.7. The molecule has 0 saturated heterocycles. The van der Waals surface area contributed by atoms with Gasteiger partial charge in [-0.15, -0.1) is 0 Å². The van der Waals surface area contributed by atoms with Gasteiger partial charge in [0.15, 0.2) is 5.82 Å². The Hall–Kier alpha value is -8.67. The minimum Gasteiger partial charge on any atom is -0.455 e. The molecule has 9 aromatic carbocycles. The molecule has 0 unspecified atom stereocenters. The van der Waals surface area contributed by atoms with Crippen LogP contribution < -0.4 is 0 Å². The van der Waals surface area contributed by atoms with Gasteiger partial charge in [-0.1, -0.05) is 176 Å². The third-order valence-electron chi connectivity index (χ3n) is 12.6. The maximum Gasteiger partial charge on any atom is 0.160 e. The van der Waals surface area contributed by atoms with Crippen molar-refractivity contribution in [2.24, 2.45) is 0 Å². The summed E-state index contributed by atoms with van der Waals surface area (Å²) in [4.78, 5) is 16.0. The van der Waals surface area contributed by atoms with Crippen molar-refractivity contribution < 1.29 is 4.42 Å². The first-order valence-electron chi connectivity index (χ1n) is 21.6. The fourth-order valence-corrected chi connectivity index (χ4v) is 9.63. The third-order valence-corrected chi connectivity index (χ3v) is 12.6. The molecule has 0 fully saturated rings. The number of hydrogen-bond acceptors (Lipinski definition) is 4. The van der Waals surface area contributed by atoms with Crippen LogP contribution in [0.3, 0.4) is 0 Å². The molecule has 298 valence electrons. The van der Waals surface area contributed by atoms with Crippen molar-refractivity contribution in [3.63, 3.8) is 0 Å². The van der Waals surface area contributed by atoms with Gasteiger partial charge in [0.25, 0.3) is 0 Å². The lowest BCUT2D eigenvalue weighted by Gasteiger charge is -2.14. The minimum atomic E-state index is 0.665. The Bertz CT molecular complexity index is 3930. The Morgan fingerprint density at radius 2 is 0.984 bits per heavy atom. The van der Waals surface area contributed by atoms with Gasteiger partial charge in [-0.05, 0) is 53.4 Å². The van der Waals surface area contributed by atoms with Crippen molar-refractivity contribution >= 4 is 65.4 Å². The number of rotatable bonds is 6. The number of pyridine rings is 1. The van der Waals surface area contributed by atoms with E-state index in [1.165, 1.54) is 10.8 Å². The zero-order chi connectivity index (χ0) is 42.1. The predicted octanol–water partition coefficient (Wildman–Crippen LogP) is 15.5. The van der Waals surface area contributed by atoms with E-state index in [1.54, 1.807) is 0 Å². The molecule has 5 heteroatoms. The van der Waals surface area contributed by atoms with Crippen LogP contribution in [0.15, 0.2) is 223 Å². The molecule has 0 aliphatic heterocycles. The fraction of sp³-hybridized carbons (Fsp3) is 0. The van der Waals surface area contributed by atoms with Crippen LogP contribution in [0.25, 0.3) is 127 Å². The van der Waals surface area contributed by atoms with Gasteiger partial charge < -0.3 is 8.98 Å². The van der Waals surface area contributed by atoms with Gasteiger partial charge in [0.05, 0.1) is 33.6 Å². The van der Waals surface area contributed by atoms with Gasteiger partial charge in [0.2, 0.25) is 0 Å². The molecule has 0 amide bonds. The normalized spacial score (nSPS) is 11.8. The highest BCUT2D eigenvalue weighted by atomic mass is 16.3. The Labute approximate surface area is 368 Å². The highest BCUT2D eigenvalue weighted by molar-refractivity contribution is 6.28. The smallest absolute Gasteiger partial charge is 0.160 e. The van der Waals surface area contributed by atoms with Crippen molar-refractivity contribution in [2.75, 3.05) is 0 Å². The van der Waals surface area contributed by atoms with Crippen LogP contribution in [0.1, 0.15) is 0 Å². The van der Waals surface area contributed by atoms with Crippen LogP contribution in [-0.4, -0.2) is 19.5 Å². The monoisotopic (exact) mass is 816 g/mol. The fourth-order valence-electron chi connectivity index (χ4n) is 9.63. The van der Waals surface area contributed by atoms with Gasteiger partial charge in [-0.2, -0.15) is 0 Å². The summed E-state index contributed by atoms with van der Waals surface area (Å²) in [6.45, 7) is 0. The van der Waals surface area contributed by atoms with E-state index < -0.39 is 0 Å². The summed E-state index contributed by atoms with van der Waals surface area (Å²) >= 11 is 0. The van der Waals surface area contributed by atoms with Crippen LogP contribution in [0, 0.1) is 0 Å². The van der Waals surface area contributed by atoms with Gasteiger partial charge in [0, 0.05) is 65.8 Å². The zero-order valence-corrected chi connectivity index (χ0v) is 34.5. The highest BCUT2D eigenvalue weighted by Gasteiger charge is 2.21. The summed E-state index contributed by atoms with van der Waals surface area (Å²) < 4.78 is 8.77. The molecule has 0 bridgehead atoms. The van der Waals surface area contributed by atoms with Gasteiger partial charge in [-0.3, -0.25) is 0 Å². The summed E-state index contributed by atoms with van der Waals surface area (Å²) in [7, 11) is 0. The second-order valence-electron chi connectivity index (χ2n) is 16.3. The molecule has 0 N–H and O–H groups in total. The number of para-hydroxylation sites is 4. The van der Waals surface area contributed by atoms with Crippen molar-refractivity contribution in [1.29, 1.82) is 0 Å². The SMILES string of the molecule is c1ccc(-c2nc(-c3ccc(-c4cccc5c4oc4ccccc45)cc3)cc(-c3ccc4c(c3)nc(-c3ccccc3)c3c4ccc4c3c3ccccc3n4-c3ccccc3)n2)cc1. The molecule has 4 heterocycles. The van der Waals surface area contributed by atoms with E-state index in [4.69, 9.17) is 19.4 Å². The molecule has 4 aromatic heterocycles. The predicted molar refractivity (Wildman–Crippen MR) is 264 cm³/mol.